The lowest BCUT2D eigenvalue weighted by atomic mass is 9.95. The van der Waals surface area contributed by atoms with Gasteiger partial charge in [0.15, 0.2) is 0 Å². The molecule has 0 aliphatic rings. The fourth-order valence-electron chi connectivity index (χ4n) is 3.43. The van der Waals surface area contributed by atoms with Crippen LogP contribution in [0.25, 0.3) is 21.9 Å². The Hall–Kier alpha value is -4.36. The van der Waals surface area contributed by atoms with Crippen LogP contribution in [-0.2, 0) is 0 Å². The van der Waals surface area contributed by atoms with Crippen molar-refractivity contribution in [3.8, 4) is 23.0 Å². The lowest BCUT2D eigenvalue weighted by Crippen LogP contribution is -2.04. The molecule has 30 heavy (non-hydrogen) atoms. The van der Waals surface area contributed by atoms with E-state index in [1.807, 2.05) is 54.6 Å². The predicted molar refractivity (Wildman–Crippen MR) is 116 cm³/mol. The van der Waals surface area contributed by atoms with Gasteiger partial charge in [-0.15, -0.1) is 0 Å². The number of hydrogen-bond donors (Lipinski definition) is 2. The van der Waals surface area contributed by atoms with Gasteiger partial charge in [0.25, 0.3) is 0 Å². The Balaban J connectivity index is 1.81. The van der Waals surface area contributed by atoms with E-state index in [2.05, 4.69) is 11.8 Å². The standard InChI is InChI=1S/C26H16O4/c27-25(28)23-11-5-10-22-21(23)15-14-19(24(22)26(29)30)13-12-17-6-4-9-20(16-17)18-7-2-1-3-8-18/h1-11,14-16H,(H,27,28)(H,29,30). The van der Waals surface area contributed by atoms with Crippen molar-refractivity contribution in [2.75, 3.05) is 0 Å². The van der Waals surface area contributed by atoms with Gasteiger partial charge in [-0.2, -0.15) is 0 Å². The SMILES string of the molecule is O=C(O)c1cccc2c(C(=O)O)c(C#Cc3cccc(-c4ccccc4)c3)ccc12. The first kappa shape index (κ1) is 19.0. The Bertz CT molecular complexity index is 1340. The Morgan fingerprint density at radius 2 is 1.37 bits per heavy atom. The summed E-state index contributed by atoms with van der Waals surface area (Å²) >= 11 is 0. The number of benzene rings is 4. The molecule has 4 nitrogen and oxygen atoms in total. The van der Waals surface area contributed by atoms with E-state index in [1.54, 1.807) is 24.3 Å². The maximum atomic E-state index is 12.0. The number of aromatic carboxylic acids is 2. The Kier molecular flexibility index (Phi) is 5.02. The summed E-state index contributed by atoms with van der Waals surface area (Å²) in [5.41, 5.74) is 3.24. The average Bonchev–Trinajstić information content (AvgIpc) is 2.77. The summed E-state index contributed by atoms with van der Waals surface area (Å²) in [5, 5.41) is 19.9. The highest BCUT2D eigenvalue weighted by Crippen LogP contribution is 2.26. The third kappa shape index (κ3) is 3.65. The van der Waals surface area contributed by atoms with Crippen LogP contribution in [0, 0.1) is 11.8 Å². The van der Waals surface area contributed by atoms with E-state index in [1.165, 1.54) is 6.07 Å². The molecule has 0 spiro atoms. The maximum Gasteiger partial charge on any atom is 0.337 e. The predicted octanol–water partition coefficient (Wildman–Crippen LogP) is 5.30. The first-order chi connectivity index (χ1) is 14.5. The van der Waals surface area contributed by atoms with E-state index in [0.29, 0.717) is 16.3 Å². The maximum absolute atomic E-state index is 12.0. The van der Waals surface area contributed by atoms with E-state index in [9.17, 15) is 19.8 Å². The Morgan fingerprint density at radius 1 is 0.633 bits per heavy atom. The highest BCUT2D eigenvalue weighted by atomic mass is 16.4. The van der Waals surface area contributed by atoms with Gasteiger partial charge in [-0.05, 0) is 46.2 Å². The zero-order valence-electron chi connectivity index (χ0n) is 15.8. The minimum absolute atomic E-state index is 0.00214. The molecule has 0 saturated heterocycles. The number of carboxylic acid groups (broad SMARTS) is 2. The number of hydrogen-bond acceptors (Lipinski definition) is 2. The third-order valence-corrected chi connectivity index (χ3v) is 4.82. The van der Waals surface area contributed by atoms with E-state index in [-0.39, 0.29) is 11.1 Å². The lowest BCUT2D eigenvalue weighted by Gasteiger charge is -2.08. The molecule has 144 valence electrons. The molecule has 2 N–H and O–H groups in total. The summed E-state index contributed by atoms with van der Waals surface area (Å²) in [6.07, 6.45) is 0. The molecule has 0 amide bonds. The quantitative estimate of drug-likeness (QED) is 0.464. The van der Waals surface area contributed by atoms with Crippen molar-refractivity contribution in [3.63, 3.8) is 0 Å². The fourth-order valence-corrected chi connectivity index (χ4v) is 3.43. The minimum atomic E-state index is -1.15. The van der Waals surface area contributed by atoms with E-state index in [4.69, 9.17) is 0 Å². The molecule has 0 saturated carbocycles. The number of rotatable bonds is 3. The number of carbonyl (C=O) groups is 2. The summed E-state index contributed by atoms with van der Waals surface area (Å²) in [5.74, 6) is 3.74. The van der Waals surface area contributed by atoms with Gasteiger partial charge in [0.1, 0.15) is 0 Å². The summed E-state index contributed by atoms with van der Waals surface area (Å²) in [6.45, 7) is 0. The molecule has 4 heteroatoms. The summed E-state index contributed by atoms with van der Waals surface area (Å²) in [7, 11) is 0. The second-order valence-corrected chi connectivity index (χ2v) is 6.70. The van der Waals surface area contributed by atoms with Crippen LogP contribution in [0.5, 0.6) is 0 Å². The summed E-state index contributed by atoms with van der Waals surface area (Å²) in [4.78, 5) is 23.4. The molecule has 4 aromatic carbocycles. The fraction of sp³-hybridized carbons (Fsp3) is 0. The van der Waals surface area contributed by atoms with Gasteiger partial charge in [0, 0.05) is 11.1 Å². The lowest BCUT2D eigenvalue weighted by molar-refractivity contribution is 0.0686. The molecule has 0 unspecified atom stereocenters. The topological polar surface area (TPSA) is 74.6 Å². The summed E-state index contributed by atoms with van der Waals surface area (Å²) < 4.78 is 0. The monoisotopic (exact) mass is 392 g/mol. The van der Waals surface area contributed by atoms with Crippen LogP contribution in [-0.4, -0.2) is 22.2 Å². The zero-order chi connectivity index (χ0) is 21.1. The highest BCUT2D eigenvalue weighted by molar-refractivity contribution is 6.11. The number of carboxylic acids is 2. The van der Waals surface area contributed by atoms with Crippen LogP contribution in [0.2, 0.25) is 0 Å². The molecular weight excluding hydrogens is 376 g/mol. The Morgan fingerprint density at radius 3 is 2.10 bits per heavy atom. The van der Waals surface area contributed by atoms with Crippen molar-refractivity contribution in [3.05, 3.63) is 107 Å². The van der Waals surface area contributed by atoms with Gasteiger partial charge < -0.3 is 10.2 Å². The molecule has 0 heterocycles. The molecular formula is C26H16O4. The van der Waals surface area contributed by atoms with Gasteiger partial charge in [-0.25, -0.2) is 9.59 Å². The zero-order valence-corrected chi connectivity index (χ0v) is 15.8. The molecule has 0 aromatic heterocycles. The van der Waals surface area contributed by atoms with Crippen LogP contribution >= 0.6 is 0 Å². The van der Waals surface area contributed by atoms with Gasteiger partial charge in [-0.1, -0.05) is 72.5 Å². The van der Waals surface area contributed by atoms with Gasteiger partial charge in [-0.3, -0.25) is 0 Å². The second kappa shape index (κ2) is 7.94. The van der Waals surface area contributed by atoms with Crippen LogP contribution in [0.1, 0.15) is 31.8 Å². The van der Waals surface area contributed by atoms with Crippen molar-refractivity contribution in [2.24, 2.45) is 0 Å². The molecule has 0 aliphatic carbocycles. The van der Waals surface area contributed by atoms with Crippen LogP contribution in [0.15, 0.2) is 84.9 Å². The molecule has 0 bridgehead atoms. The van der Waals surface area contributed by atoms with Crippen LogP contribution in [0.3, 0.4) is 0 Å². The van der Waals surface area contributed by atoms with Gasteiger partial charge in [0.2, 0.25) is 0 Å². The van der Waals surface area contributed by atoms with Crippen molar-refractivity contribution in [2.45, 2.75) is 0 Å². The highest BCUT2D eigenvalue weighted by Gasteiger charge is 2.17. The first-order valence-corrected chi connectivity index (χ1v) is 9.24. The van der Waals surface area contributed by atoms with Crippen LogP contribution < -0.4 is 0 Å². The van der Waals surface area contributed by atoms with Gasteiger partial charge >= 0.3 is 11.9 Å². The molecule has 0 radical (unpaired) electrons. The second-order valence-electron chi connectivity index (χ2n) is 6.70. The van der Waals surface area contributed by atoms with E-state index >= 15 is 0 Å². The third-order valence-electron chi connectivity index (χ3n) is 4.82. The molecule has 4 rings (SSSR count). The average molecular weight is 392 g/mol. The molecule has 0 atom stereocenters. The Labute approximate surface area is 173 Å². The van der Waals surface area contributed by atoms with Crippen LogP contribution in [0.4, 0.5) is 0 Å². The molecule has 0 aliphatic heterocycles. The van der Waals surface area contributed by atoms with Crippen molar-refractivity contribution >= 4 is 22.7 Å². The van der Waals surface area contributed by atoms with E-state index in [0.717, 1.165) is 16.7 Å². The molecule has 4 aromatic rings. The number of fused-ring (bicyclic) bond motifs is 1. The van der Waals surface area contributed by atoms with Crippen molar-refractivity contribution < 1.29 is 19.8 Å². The minimum Gasteiger partial charge on any atom is -0.478 e. The smallest absolute Gasteiger partial charge is 0.337 e. The van der Waals surface area contributed by atoms with E-state index < -0.39 is 11.9 Å². The normalized spacial score (nSPS) is 10.3. The molecule has 0 fully saturated rings. The first-order valence-electron chi connectivity index (χ1n) is 9.24. The largest absolute Gasteiger partial charge is 0.478 e. The van der Waals surface area contributed by atoms with Gasteiger partial charge in [0.05, 0.1) is 11.1 Å². The summed E-state index contributed by atoms with van der Waals surface area (Å²) in [6, 6.07) is 25.4. The van der Waals surface area contributed by atoms with Crippen molar-refractivity contribution in [1.29, 1.82) is 0 Å². The van der Waals surface area contributed by atoms with Crippen molar-refractivity contribution in [1.82, 2.24) is 0 Å².